The van der Waals surface area contributed by atoms with Gasteiger partial charge in [0.1, 0.15) is 13.2 Å². The van der Waals surface area contributed by atoms with Crippen molar-refractivity contribution in [1.82, 2.24) is 0 Å². The van der Waals surface area contributed by atoms with Gasteiger partial charge in [-0.05, 0) is 11.6 Å². The van der Waals surface area contributed by atoms with Crippen LogP contribution in [0.5, 0.6) is 11.5 Å². The van der Waals surface area contributed by atoms with E-state index in [-0.39, 0.29) is 18.2 Å². The molecule has 2 aliphatic rings. The lowest BCUT2D eigenvalue weighted by atomic mass is 9.90. The fourth-order valence-corrected chi connectivity index (χ4v) is 3.23. The Morgan fingerprint density at radius 3 is 2.68 bits per heavy atom. The predicted molar refractivity (Wildman–Crippen MR) is 93.5 cm³/mol. The molecule has 2 amide bonds. The van der Waals surface area contributed by atoms with E-state index in [9.17, 15) is 9.59 Å². The van der Waals surface area contributed by atoms with Crippen molar-refractivity contribution >= 4 is 34.8 Å². The molecule has 1 unspecified atom stereocenters. The number of benzene rings is 2. The summed E-state index contributed by atoms with van der Waals surface area (Å²) >= 11 is 6.24. The highest BCUT2D eigenvalue weighted by Gasteiger charge is 2.31. The van der Waals surface area contributed by atoms with E-state index in [4.69, 9.17) is 21.1 Å². The number of para-hydroxylation sites is 1. The second-order valence-electron chi connectivity index (χ2n) is 5.86. The van der Waals surface area contributed by atoms with Crippen molar-refractivity contribution in [2.45, 2.75) is 12.3 Å². The predicted octanol–water partition coefficient (Wildman–Crippen LogP) is 3.18. The monoisotopic (exact) mass is 358 g/mol. The zero-order valence-electron chi connectivity index (χ0n) is 13.2. The largest absolute Gasteiger partial charge is 0.486 e. The number of anilines is 2. The average Bonchev–Trinajstić information content (AvgIpc) is 2.61. The van der Waals surface area contributed by atoms with Gasteiger partial charge in [-0.3, -0.25) is 9.59 Å². The molecule has 0 fully saturated rings. The van der Waals surface area contributed by atoms with E-state index < -0.39 is 5.92 Å². The second kappa shape index (κ2) is 6.29. The molecule has 4 rings (SSSR count). The first-order chi connectivity index (χ1) is 12.1. The molecule has 2 N–H and O–H groups in total. The summed E-state index contributed by atoms with van der Waals surface area (Å²) in [6.45, 7) is 0.904. The van der Waals surface area contributed by atoms with Gasteiger partial charge in [-0.2, -0.15) is 0 Å². The molecule has 7 heteroatoms. The Kier molecular flexibility index (Phi) is 3.97. The van der Waals surface area contributed by atoms with Gasteiger partial charge in [0.15, 0.2) is 11.5 Å². The standard InChI is InChI=1S/C18H15ClN2O4/c19-12-8-15-16(25-6-5-24-15)9-14(12)21-18(23)11-7-17(22)20-13-4-2-1-3-10(11)13/h1-4,8-9,11H,5-7H2,(H,20,22)(H,21,23). The van der Waals surface area contributed by atoms with Crippen molar-refractivity contribution in [3.63, 3.8) is 0 Å². The number of rotatable bonds is 2. The lowest BCUT2D eigenvalue weighted by Crippen LogP contribution is -2.30. The summed E-state index contributed by atoms with van der Waals surface area (Å²) in [5, 5.41) is 5.94. The smallest absolute Gasteiger partial charge is 0.232 e. The summed E-state index contributed by atoms with van der Waals surface area (Å²) < 4.78 is 11.0. The lowest BCUT2D eigenvalue weighted by molar-refractivity contribution is -0.123. The van der Waals surface area contributed by atoms with Gasteiger partial charge in [0.2, 0.25) is 11.8 Å². The molecule has 2 aromatic carbocycles. The zero-order chi connectivity index (χ0) is 17.4. The first kappa shape index (κ1) is 15.8. The first-order valence-electron chi connectivity index (χ1n) is 7.90. The van der Waals surface area contributed by atoms with Crippen LogP contribution in [0.3, 0.4) is 0 Å². The van der Waals surface area contributed by atoms with Crippen molar-refractivity contribution in [2.75, 3.05) is 23.8 Å². The number of hydrogen-bond donors (Lipinski definition) is 2. The third-order valence-corrected chi connectivity index (χ3v) is 4.52. The third-order valence-electron chi connectivity index (χ3n) is 4.21. The van der Waals surface area contributed by atoms with Crippen LogP contribution < -0.4 is 20.1 Å². The van der Waals surface area contributed by atoms with Crippen LogP contribution in [-0.4, -0.2) is 25.0 Å². The number of carbonyl (C=O) groups is 2. The van der Waals surface area contributed by atoms with Crippen molar-refractivity contribution in [2.24, 2.45) is 0 Å². The van der Waals surface area contributed by atoms with Gasteiger partial charge >= 0.3 is 0 Å². The Bertz CT molecular complexity index is 868. The van der Waals surface area contributed by atoms with E-state index >= 15 is 0 Å². The molecule has 0 saturated carbocycles. The van der Waals surface area contributed by atoms with Gasteiger partial charge in [-0.15, -0.1) is 0 Å². The van der Waals surface area contributed by atoms with Crippen molar-refractivity contribution in [3.05, 3.63) is 47.0 Å². The highest BCUT2D eigenvalue weighted by atomic mass is 35.5. The van der Waals surface area contributed by atoms with E-state index in [0.717, 1.165) is 5.56 Å². The Morgan fingerprint density at radius 1 is 1.16 bits per heavy atom. The van der Waals surface area contributed by atoms with Gasteiger partial charge in [-0.25, -0.2) is 0 Å². The van der Waals surface area contributed by atoms with E-state index in [0.29, 0.717) is 41.1 Å². The van der Waals surface area contributed by atoms with Crippen LogP contribution >= 0.6 is 11.6 Å². The summed E-state index contributed by atoms with van der Waals surface area (Å²) in [7, 11) is 0. The van der Waals surface area contributed by atoms with Crippen LogP contribution in [0.15, 0.2) is 36.4 Å². The Morgan fingerprint density at radius 2 is 1.88 bits per heavy atom. The molecule has 2 heterocycles. The van der Waals surface area contributed by atoms with Gasteiger partial charge in [0.05, 0.1) is 16.6 Å². The van der Waals surface area contributed by atoms with Crippen molar-refractivity contribution < 1.29 is 19.1 Å². The number of nitrogens with one attached hydrogen (secondary N) is 2. The molecule has 6 nitrogen and oxygen atoms in total. The van der Waals surface area contributed by atoms with Crippen LogP contribution in [-0.2, 0) is 9.59 Å². The number of halogens is 1. The molecule has 0 bridgehead atoms. The summed E-state index contributed by atoms with van der Waals surface area (Å²) in [5.74, 6) is 0.0339. The molecule has 0 aliphatic carbocycles. The van der Waals surface area contributed by atoms with Crippen LogP contribution in [0.2, 0.25) is 5.02 Å². The molecule has 2 aliphatic heterocycles. The topological polar surface area (TPSA) is 76.7 Å². The molecule has 0 saturated heterocycles. The maximum absolute atomic E-state index is 12.8. The normalized spacial score (nSPS) is 18.1. The number of carbonyl (C=O) groups excluding carboxylic acids is 2. The number of fused-ring (bicyclic) bond motifs is 2. The third kappa shape index (κ3) is 3.00. The molecule has 0 aromatic heterocycles. The van der Waals surface area contributed by atoms with E-state index in [2.05, 4.69) is 10.6 Å². The SMILES string of the molecule is O=C1CC(C(=O)Nc2cc3c(cc2Cl)OCCO3)c2ccccc2N1. The van der Waals surface area contributed by atoms with Gasteiger partial charge < -0.3 is 20.1 Å². The molecular formula is C18H15ClN2O4. The fraction of sp³-hybridized carbons (Fsp3) is 0.222. The quantitative estimate of drug-likeness (QED) is 0.864. The summed E-state index contributed by atoms with van der Waals surface area (Å²) in [6.07, 6.45) is 0.0883. The Balaban J connectivity index is 1.62. The van der Waals surface area contributed by atoms with Crippen LogP contribution in [0.4, 0.5) is 11.4 Å². The minimum absolute atomic E-state index is 0.0883. The number of ether oxygens (including phenoxy) is 2. The first-order valence-corrected chi connectivity index (χ1v) is 8.28. The molecule has 128 valence electrons. The molecular weight excluding hydrogens is 344 g/mol. The minimum atomic E-state index is -0.575. The molecule has 1 atom stereocenters. The summed E-state index contributed by atoms with van der Waals surface area (Å²) in [4.78, 5) is 24.7. The van der Waals surface area contributed by atoms with Crippen LogP contribution in [0, 0.1) is 0 Å². The van der Waals surface area contributed by atoms with Crippen LogP contribution in [0.25, 0.3) is 0 Å². The maximum Gasteiger partial charge on any atom is 0.232 e. The van der Waals surface area contributed by atoms with Crippen LogP contribution in [0.1, 0.15) is 17.9 Å². The molecule has 0 radical (unpaired) electrons. The molecule has 2 aromatic rings. The fourth-order valence-electron chi connectivity index (χ4n) is 3.02. The molecule has 0 spiro atoms. The van der Waals surface area contributed by atoms with E-state index in [1.807, 2.05) is 18.2 Å². The number of amides is 2. The highest BCUT2D eigenvalue weighted by molar-refractivity contribution is 6.34. The van der Waals surface area contributed by atoms with Crippen molar-refractivity contribution in [1.29, 1.82) is 0 Å². The van der Waals surface area contributed by atoms with E-state index in [1.54, 1.807) is 18.2 Å². The van der Waals surface area contributed by atoms with Crippen molar-refractivity contribution in [3.8, 4) is 11.5 Å². The lowest BCUT2D eigenvalue weighted by Gasteiger charge is -2.25. The molecule has 25 heavy (non-hydrogen) atoms. The highest BCUT2D eigenvalue weighted by Crippen LogP contribution is 2.39. The Labute approximate surface area is 149 Å². The van der Waals surface area contributed by atoms with Gasteiger partial charge in [0.25, 0.3) is 0 Å². The number of hydrogen-bond acceptors (Lipinski definition) is 4. The summed E-state index contributed by atoms with van der Waals surface area (Å²) in [5.41, 5.74) is 1.87. The second-order valence-corrected chi connectivity index (χ2v) is 6.26. The van der Waals surface area contributed by atoms with E-state index in [1.165, 1.54) is 0 Å². The average molecular weight is 359 g/mol. The Hall–Kier alpha value is -2.73. The summed E-state index contributed by atoms with van der Waals surface area (Å²) in [6, 6.07) is 10.5. The van der Waals surface area contributed by atoms with Gasteiger partial charge in [-0.1, -0.05) is 29.8 Å². The zero-order valence-corrected chi connectivity index (χ0v) is 13.9. The van der Waals surface area contributed by atoms with Gasteiger partial charge in [0, 0.05) is 24.2 Å². The minimum Gasteiger partial charge on any atom is -0.486 e. The maximum atomic E-state index is 12.8.